The second-order valence-corrected chi connectivity index (χ2v) is 12.5. The third kappa shape index (κ3) is 4.87. The van der Waals surface area contributed by atoms with Crippen LogP contribution in [0.5, 0.6) is 0 Å². The van der Waals surface area contributed by atoms with E-state index in [2.05, 4.69) is 194 Å². The third-order valence-corrected chi connectivity index (χ3v) is 9.64. The molecule has 0 aliphatic rings. The minimum atomic E-state index is 1.20. The first kappa shape index (κ1) is 28.0. The zero-order chi connectivity index (χ0) is 31.9. The van der Waals surface area contributed by atoms with Crippen LogP contribution in [-0.4, -0.2) is 0 Å². The van der Waals surface area contributed by atoms with E-state index in [-0.39, 0.29) is 0 Å². The Labute approximate surface area is 281 Å². The minimum Gasteiger partial charge on any atom is -0.0622 e. The Balaban J connectivity index is 1.33. The van der Waals surface area contributed by atoms with Gasteiger partial charge >= 0.3 is 0 Å². The van der Waals surface area contributed by atoms with E-state index < -0.39 is 0 Å². The fraction of sp³-hybridized carbons (Fsp3) is 0. The Kier molecular flexibility index (Phi) is 6.91. The molecule has 0 bridgehead atoms. The van der Waals surface area contributed by atoms with Crippen LogP contribution < -0.4 is 0 Å². The molecule has 0 atom stereocenters. The van der Waals surface area contributed by atoms with E-state index in [4.69, 9.17) is 0 Å². The molecule has 0 fully saturated rings. The van der Waals surface area contributed by atoms with Crippen molar-refractivity contribution in [1.29, 1.82) is 0 Å². The zero-order valence-electron chi connectivity index (χ0n) is 26.5. The molecule has 0 unspecified atom stereocenters. The van der Waals surface area contributed by atoms with Crippen LogP contribution in [0.15, 0.2) is 194 Å². The summed E-state index contributed by atoms with van der Waals surface area (Å²) in [5.74, 6) is 0. The van der Waals surface area contributed by atoms with Gasteiger partial charge in [-0.05, 0) is 106 Å². The molecular weight excluding hydrogens is 577 g/mol. The fourth-order valence-corrected chi connectivity index (χ4v) is 7.40. The van der Waals surface area contributed by atoms with Gasteiger partial charge in [-0.1, -0.05) is 176 Å². The number of rotatable bonds is 5. The van der Waals surface area contributed by atoms with Crippen LogP contribution in [0.25, 0.3) is 88.0 Å². The molecule has 0 nitrogen and oxygen atoms in total. The van der Waals surface area contributed by atoms with Crippen LogP contribution in [0, 0.1) is 0 Å². The summed E-state index contributed by atoms with van der Waals surface area (Å²) >= 11 is 0. The van der Waals surface area contributed by atoms with Crippen molar-refractivity contribution in [2.24, 2.45) is 0 Å². The summed E-state index contributed by atoms with van der Waals surface area (Å²) in [6.07, 6.45) is 0. The highest BCUT2D eigenvalue weighted by Crippen LogP contribution is 2.45. The van der Waals surface area contributed by atoms with E-state index in [0.717, 1.165) is 0 Å². The SMILES string of the molecule is c1ccc(-c2cccc(-c3cc(-c4c5ccccc5c(-c5ccccc5)c5ccccc45)ccc3-c3ccc4ccccc4c3)c2)cc1. The Morgan fingerprint density at radius 2 is 0.688 bits per heavy atom. The van der Waals surface area contributed by atoms with Crippen LogP contribution in [0.1, 0.15) is 0 Å². The predicted octanol–water partition coefficient (Wildman–Crippen LogP) is 13.5. The molecule has 0 spiro atoms. The molecule has 0 aliphatic heterocycles. The molecule has 0 saturated carbocycles. The predicted molar refractivity (Wildman–Crippen MR) is 206 cm³/mol. The van der Waals surface area contributed by atoms with Gasteiger partial charge in [-0.3, -0.25) is 0 Å². The topological polar surface area (TPSA) is 0 Å². The number of benzene rings is 9. The summed E-state index contributed by atoms with van der Waals surface area (Å²) in [6, 6.07) is 70.8. The molecular formula is C48H32. The van der Waals surface area contributed by atoms with E-state index in [1.807, 2.05) is 0 Å². The van der Waals surface area contributed by atoms with Gasteiger partial charge < -0.3 is 0 Å². The van der Waals surface area contributed by atoms with Crippen molar-refractivity contribution in [3.63, 3.8) is 0 Å². The second-order valence-electron chi connectivity index (χ2n) is 12.5. The lowest BCUT2D eigenvalue weighted by Crippen LogP contribution is -1.93. The Morgan fingerprint density at radius 1 is 0.208 bits per heavy atom. The maximum Gasteiger partial charge on any atom is -0.00261 e. The van der Waals surface area contributed by atoms with Crippen LogP contribution in [0.3, 0.4) is 0 Å². The van der Waals surface area contributed by atoms with E-state index in [9.17, 15) is 0 Å². The molecule has 0 radical (unpaired) electrons. The smallest absolute Gasteiger partial charge is 0.00261 e. The first-order valence-electron chi connectivity index (χ1n) is 16.6. The van der Waals surface area contributed by atoms with Crippen molar-refractivity contribution >= 4 is 32.3 Å². The molecule has 0 N–H and O–H groups in total. The quantitative estimate of drug-likeness (QED) is 0.171. The second kappa shape index (κ2) is 11.8. The summed E-state index contributed by atoms with van der Waals surface area (Å²) < 4.78 is 0. The Morgan fingerprint density at radius 3 is 1.35 bits per heavy atom. The van der Waals surface area contributed by atoms with Crippen molar-refractivity contribution in [1.82, 2.24) is 0 Å². The van der Waals surface area contributed by atoms with Crippen molar-refractivity contribution in [3.05, 3.63) is 194 Å². The molecule has 48 heavy (non-hydrogen) atoms. The summed E-state index contributed by atoms with van der Waals surface area (Å²) in [5.41, 5.74) is 12.3. The average Bonchev–Trinajstić information content (AvgIpc) is 3.17. The first-order valence-corrected chi connectivity index (χ1v) is 16.6. The van der Waals surface area contributed by atoms with Gasteiger partial charge in [0.25, 0.3) is 0 Å². The Hall–Kier alpha value is -6.24. The molecule has 9 rings (SSSR count). The van der Waals surface area contributed by atoms with E-state index in [1.54, 1.807) is 0 Å². The van der Waals surface area contributed by atoms with Crippen molar-refractivity contribution < 1.29 is 0 Å². The lowest BCUT2D eigenvalue weighted by Gasteiger charge is -2.19. The highest BCUT2D eigenvalue weighted by atomic mass is 14.2. The number of fused-ring (bicyclic) bond motifs is 3. The van der Waals surface area contributed by atoms with Crippen LogP contribution in [0.4, 0.5) is 0 Å². The lowest BCUT2D eigenvalue weighted by molar-refractivity contribution is 1.57. The number of hydrogen-bond donors (Lipinski definition) is 0. The summed E-state index contributed by atoms with van der Waals surface area (Å²) in [4.78, 5) is 0. The molecule has 0 amide bonds. The van der Waals surface area contributed by atoms with Crippen molar-refractivity contribution in [2.45, 2.75) is 0 Å². The molecule has 0 heterocycles. The van der Waals surface area contributed by atoms with Gasteiger partial charge in [0.05, 0.1) is 0 Å². The highest BCUT2D eigenvalue weighted by Gasteiger charge is 2.18. The Bertz CT molecular complexity index is 2540. The molecule has 0 heteroatoms. The lowest BCUT2D eigenvalue weighted by atomic mass is 9.84. The molecule has 0 aromatic heterocycles. The average molecular weight is 609 g/mol. The summed E-state index contributed by atoms with van der Waals surface area (Å²) in [5, 5.41) is 7.56. The van der Waals surface area contributed by atoms with Gasteiger partial charge in [0, 0.05) is 0 Å². The van der Waals surface area contributed by atoms with Gasteiger partial charge in [-0.25, -0.2) is 0 Å². The summed E-state index contributed by atoms with van der Waals surface area (Å²) in [7, 11) is 0. The molecule has 9 aromatic rings. The minimum absolute atomic E-state index is 1.20. The molecule has 9 aromatic carbocycles. The zero-order valence-corrected chi connectivity index (χ0v) is 26.5. The van der Waals surface area contributed by atoms with Gasteiger partial charge in [0.2, 0.25) is 0 Å². The van der Waals surface area contributed by atoms with Crippen LogP contribution >= 0.6 is 0 Å². The van der Waals surface area contributed by atoms with Crippen LogP contribution in [-0.2, 0) is 0 Å². The monoisotopic (exact) mass is 608 g/mol. The maximum atomic E-state index is 2.42. The first-order chi connectivity index (χ1) is 23.8. The highest BCUT2D eigenvalue weighted by molar-refractivity contribution is 6.21. The van der Waals surface area contributed by atoms with E-state index in [0.29, 0.717) is 0 Å². The largest absolute Gasteiger partial charge is 0.0622 e. The third-order valence-electron chi connectivity index (χ3n) is 9.64. The van der Waals surface area contributed by atoms with Gasteiger partial charge in [0.15, 0.2) is 0 Å². The van der Waals surface area contributed by atoms with Crippen molar-refractivity contribution in [3.8, 4) is 55.6 Å². The fourth-order valence-electron chi connectivity index (χ4n) is 7.40. The molecule has 0 saturated heterocycles. The van der Waals surface area contributed by atoms with Gasteiger partial charge in [0.1, 0.15) is 0 Å². The maximum absolute atomic E-state index is 2.42. The van der Waals surface area contributed by atoms with Gasteiger partial charge in [-0.2, -0.15) is 0 Å². The normalized spacial score (nSPS) is 11.3. The van der Waals surface area contributed by atoms with Crippen molar-refractivity contribution in [2.75, 3.05) is 0 Å². The van der Waals surface area contributed by atoms with E-state index in [1.165, 1.54) is 88.0 Å². The standard InChI is InChI=1S/C48H32/c1-3-14-33(15-4-1)37-20-13-21-38(30-37)46-32-40(28-29-41(46)39-27-26-34-16-7-8-19-36(34)31-39)48-44-24-11-9-22-42(44)47(35-17-5-2-6-18-35)43-23-10-12-25-45(43)48/h1-32H. The van der Waals surface area contributed by atoms with Gasteiger partial charge in [-0.15, -0.1) is 0 Å². The summed E-state index contributed by atoms with van der Waals surface area (Å²) in [6.45, 7) is 0. The molecule has 0 aliphatic carbocycles. The van der Waals surface area contributed by atoms with E-state index >= 15 is 0 Å². The molecule has 224 valence electrons. The van der Waals surface area contributed by atoms with Crippen LogP contribution in [0.2, 0.25) is 0 Å². The number of hydrogen-bond acceptors (Lipinski definition) is 0.